The Bertz CT molecular complexity index is 467. The zero-order valence-electron chi connectivity index (χ0n) is 9.34. The summed E-state index contributed by atoms with van der Waals surface area (Å²) in [6, 6.07) is 5.72. The molecule has 5 heteroatoms. The normalized spacial score (nSPS) is 10.1. The van der Waals surface area contributed by atoms with E-state index in [4.69, 9.17) is 4.74 Å². The number of ether oxygens (including phenoxy) is 1. The van der Waals surface area contributed by atoms with Crippen LogP contribution in [-0.4, -0.2) is 21.9 Å². The van der Waals surface area contributed by atoms with Crippen molar-refractivity contribution in [3.8, 4) is 5.88 Å². The van der Waals surface area contributed by atoms with Gasteiger partial charge >= 0.3 is 0 Å². The van der Waals surface area contributed by atoms with Crippen LogP contribution in [0.3, 0.4) is 0 Å². The van der Waals surface area contributed by atoms with E-state index in [1.807, 2.05) is 31.4 Å². The first-order valence-electron chi connectivity index (χ1n) is 5.00. The molecule has 2 aromatic rings. The van der Waals surface area contributed by atoms with Crippen LogP contribution < -0.4 is 10.1 Å². The third-order valence-corrected chi connectivity index (χ3v) is 2.19. The SMILES string of the molecule is COc1cc(NCc2ccn(C)n2)ccn1. The molecule has 0 aliphatic heterocycles. The van der Waals surface area contributed by atoms with Gasteiger partial charge in [0, 0.05) is 31.2 Å². The lowest BCUT2D eigenvalue weighted by molar-refractivity contribution is 0.398. The lowest BCUT2D eigenvalue weighted by Crippen LogP contribution is -2.01. The fraction of sp³-hybridized carbons (Fsp3) is 0.273. The number of aryl methyl sites for hydroxylation is 1. The van der Waals surface area contributed by atoms with Crippen LogP contribution in [0.4, 0.5) is 5.69 Å². The molecule has 5 nitrogen and oxygen atoms in total. The predicted molar refractivity (Wildman–Crippen MR) is 61.3 cm³/mol. The molecule has 0 amide bonds. The maximum Gasteiger partial charge on any atom is 0.214 e. The van der Waals surface area contributed by atoms with E-state index in [1.54, 1.807) is 18.0 Å². The molecular weight excluding hydrogens is 204 g/mol. The second-order valence-corrected chi connectivity index (χ2v) is 3.42. The summed E-state index contributed by atoms with van der Waals surface area (Å²) in [6.07, 6.45) is 3.63. The van der Waals surface area contributed by atoms with Gasteiger partial charge in [-0.05, 0) is 12.1 Å². The van der Waals surface area contributed by atoms with E-state index in [9.17, 15) is 0 Å². The largest absolute Gasteiger partial charge is 0.481 e. The molecule has 0 saturated heterocycles. The maximum atomic E-state index is 5.04. The van der Waals surface area contributed by atoms with Gasteiger partial charge in [-0.15, -0.1) is 0 Å². The average Bonchev–Trinajstić information content (AvgIpc) is 2.73. The fourth-order valence-corrected chi connectivity index (χ4v) is 1.38. The van der Waals surface area contributed by atoms with Gasteiger partial charge in [0.2, 0.25) is 5.88 Å². The molecule has 0 saturated carbocycles. The first-order chi connectivity index (χ1) is 7.78. The predicted octanol–water partition coefficient (Wildman–Crippen LogP) is 1.44. The van der Waals surface area contributed by atoms with Gasteiger partial charge in [-0.1, -0.05) is 0 Å². The van der Waals surface area contributed by atoms with E-state index in [-0.39, 0.29) is 0 Å². The van der Waals surface area contributed by atoms with Gasteiger partial charge in [0.15, 0.2) is 0 Å². The number of anilines is 1. The highest BCUT2D eigenvalue weighted by molar-refractivity contribution is 5.45. The molecule has 2 aromatic heterocycles. The summed E-state index contributed by atoms with van der Waals surface area (Å²) in [7, 11) is 3.50. The standard InChI is InChI=1S/C11H14N4O/c1-15-6-4-10(14-15)8-13-9-3-5-12-11(7-9)16-2/h3-7H,8H2,1-2H3,(H,12,13). The first kappa shape index (κ1) is 10.5. The summed E-state index contributed by atoms with van der Waals surface area (Å²) in [5, 5.41) is 7.53. The van der Waals surface area contributed by atoms with E-state index >= 15 is 0 Å². The molecule has 16 heavy (non-hydrogen) atoms. The number of aromatic nitrogens is 3. The number of rotatable bonds is 4. The van der Waals surface area contributed by atoms with Crippen molar-refractivity contribution in [2.45, 2.75) is 6.54 Å². The van der Waals surface area contributed by atoms with Gasteiger partial charge in [0.05, 0.1) is 19.3 Å². The van der Waals surface area contributed by atoms with E-state index in [0.29, 0.717) is 12.4 Å². The zero-order valence-corrected chi connectivity index (χ0v) is 9.34. The van der Waals surface area contributed by atoms with Crippen LogP contribution in [0.5, 0.6) is 5.88 Å². The van der Waals surface area contributed by atoms with Crippen molar-refractivity contribution < 1.29 is 4.74 Å². The lowest BCUT2D eigenvalue weighted by Gasteiger charge is -2.05. The molecule has 0 bridgehead atoms. The van der Waals surface area contributed by atoms with Crippen LogP contribution in [0, 0.1) is 0 Å². The maximum absolute atomic E-state index is 5.04. The van der Waals surface area contributed by atoms with Gasteiger partial charge in [-0.25, -0.2) is 4.98 Å². The van der Waals surface area contributed by atoms with Crippen molar-refractivity contribution in [3.05, 3.63) is 36.3 Å². The van der Waals surface area contributed by atoms with Crippen LogP contribution in [0.1, 0.15) is 5.69 Å². The summed E-state index contributed by atoms with van der Waals surface area (Å²) in [5.41, 5.74) is 1.97. The van der Waals surface area contributed by atoms with Crippen molar-refractivity contribution in [1.82, 2.24) is 14.8 Å². The highest BCUT2D eigenvalue weighted by Gasteiger charge is 1.98. The summed E-state index contributed by atoms with van der Waals surface area (Å²) in [6.45, 7) is 0.688. The third-order valence-electron chi connectivity index (χ3n) is 2.19. The number of pyridine rings is 1. The minimum absolute atomic E-state index is 0.603. The molecule has 0 aliphatic carbocycles. The Morgan fingerprint density at radius 2 is 2.31 bits per heavy atom. The minimum Gasteiger partial charge on any atom is -0.481 e. The summed E-state index contributed by atoms with van der Waals surface area (Å²) in [5.74, 6) is 0.603. The highest BCUT2D eigenvalue weighted by Crippen LogP contribution is 2.13. The van der Waals surface area contributed by atoms with Crippen LogP contribution in [0.15, 0.2) is 30.6 Å². The number of nitrogens with zero attached hydrogens (tertiary/aromatic N) is 3. The molecule has 1 N–H and O–H groups in total. The van der Waals surface area contributed by atoms with E-state index in [0.717, 1.165) is 11.4 Å². The molecule has 0 atom stereocenters. The molecule has 0 fully saturated rings. The Labute approximate surface area is 94.1 Å². The lowest BCUT2D eigenvalue weighted by atomic mass is 10.3. The van der Waals surface area contributed by atoms with E-state index < -0.39 is 0 Å². The Hall–Kier alpha value is -2.04. The molecule has 2 heterocycles. The number of nitrogens with one attached hydrogen (secondary N) is 1. The molecule has 0 unspecified atom stereocenters. The van der Waals surface area contributed by atoms with E-state index in [2.05, 4.69) is 15.4 Å². The average molecular weight is 218 g/mol. The summed E-state index contributed by atoms with van der Waals surface area (Å²) in [4.78, 5) is 4.04. The highest BCUT2D eigenvalue weighted by atomic mass is 16.5. The van der Waals surface area contributed by atoms with Gasteiger partial charge in [-0.2, -0.15) is 5.10 Å². The molecule has 0 aliphatic rings. The topological polar surface area (TPSA) is 52.0 Å². The van der Waals surface area contributed by atoms with Crippen LogP contribution in [0.2, 0.25) is 0 Å². The van der Waals surface area contributed by atoms with Crippen LogP contribution in [0.25, 0.3) is 0 Å². The Kier molecular flexibility index (Phi) is 3.05. The molecule has 2 rings (SSSR count). The van der Waals surface area contributed by atoms with Crippen molar-refractivity contribution >= 4 is 5.69 Å². The first-order valence-corrected chi connectivity index (χ1v) is 5.00. The van der Waals surface area contributed by atoms with Crippen molar-refractivity contribution in [1.29, 1.82) is 0 Å². The Morgan fingerprint density at radius 3 is 3.00 bits per heavy atom. The molecule has 0 radical (unpaired) electrons. The van der Waals surface area contributed by atoms with Gasteiger partial charge < -0.3 is 10.1 Å². The van der Waals surface area contributed by atoms with Crippen molar-refractivity contribution in [3.63, 3.8) is 0 Å². The third kappa shape index (κ3) is 2.50. The molecule has 84 valence electrons. The quantitative estimate of drug-likeness (QED) is 0.843. The fourth-order valence-electron chi connectivity index (χ4n) is 1.38. The second kappa shape index (κ2) is 4.65. The number of hydrogen-bond acceptors (Lipinski definition) is 4. The van der Waals surface area contributed by atoms with Gasteiger partial charge in [0.25, 0.3) is 0 Å². The zero-order chi connectivity index (χ0) is 11.4. The Balaban J connectivity index is 1.99. The van der Waals surface area contributed by atoms with Crippen LogP contribution >= 0.6 is 0 Å². The van der Waals surface area contributed by atoms with E-state index in [1.165, 1.54) is 0 Å². The van der Waals surface area contributed by atoms with Crippen molar-refractivity contribution in [2.24, 2.45) is 7.05 Å². The van der Waals surface area contributed by atoms with Crippen LogP contribution in [-0.2, 0) is 13.6 Å². The summed E-state index contributed by atoms with van der Waals surface area (Å²) < 4.78 is 6.82. The molecular formula is C11H14N4O. The monoisotopic (exact) mass is 218 g/mol. The van der Waals surface area contributed by atoms with Gasteiger partial charge in [-0.3, -0.25) is 4.68 Å². The smallest absolute Gasteiger partial charge is 0.214 e. The Morgan fingerprint density at radius 1 is 1.44 bits per heavy atom. The van der Waals surface area contributed by atoms with Crippen molar-refractivity contribution in [2.75, 3.05) is 12.4 Å². The minimum atomic E-state index is 0.603. The molecule has 0 aromatic carbocycles. The number of methoxy groups -OCH3 is 1. The summed E-state index contributed by atoms with van der Waals surface area (Å²) >= 11 is 0. The molecule has 0 spiro atoms. The second-order valence-electron chi connectivity index (χ2n) is 3.42. The van der Waals surface area contributed by atoms with Gasteiger partial charge in [0.1, 0.15) is 0 Å². The number of hydrogen-bond donors (Lipinski definition) is 1.